The lowest BCUT2D eigenvalue weighted by atomic mass is 9.96. The van der Waals surface area contributed by atoms with Crippen molar-refractivity contribution in [1.82, 2.24) is 19.2 Å². The maximum absolute atomic E-state index is 13.7. The molecule has 230 valence electrons. The monoisotopic (exact) mass is 590 g/mol. The van der Waals surface area contributed by atoms with Gasteiger partial charge in [-0.15, -0.1) is 0 Å². The summed E-state index contributed by atoms with van der Waals surface area (Å²) in [5.41, 5.74) is 3.27. The number of ketones is 1. The van der Waals surface area contributed by atoms with Crippen LogP contribution in [0.1, 0.15) is 61.2 Å². The third-order valence-corrected chi connectivity index (χ3v) is 8.33. The van der Waals surface area contributed by atoms with E-state index < -0.39 is 17.7 Å². The molecular weight excluding hydrogens is 548 g/mol. The first-order valence-electron chi connectivity index (χ1n) is 15.2. The lowest BCUT2D eigenvalue weighted by Gasteiger charge is -2.29. The fourth-order valence-corrected chi connectivity index (χ4v) is 5.93. The number of benzene rings is 1. The fourth-order valence-electron chi connectivity index (χ4n) is 5.93. The van der Waals surface area contributed by atoms with Gasteiger partial charge in [0.1, 0.15) is 11.3 Å². The molecule has 2 aliphatic heterocycles. The molecule has 0 saturated carbocycles. The summed E-state index contributed by atoms with van der Waals surface area (Å²) in [4.78, 5) is 35.8. The van der Waals surface area contributed by atoms with Crippen molar-refractivity contribution >= 4 is 23.1 Å². The van der Waals surface area contributed by atoms with E-state index >= 15 is 0 Å². The summed E-state index contributed by atoms with van der Waals surface area (Å²) in [6.45, 7) is 10.7. The first kappa shape index (κ1) is 30.6. The molecule has 2 aliphatic rings. The van der Waals surface area contributed by atoms with Crippen LogP contribution in [0.2, 0.25) is 0 Å². The molecule has 1 atom stereocenters. The number of morpholine rings is 1. The number of fused-ring (bicyclic) bond motifs is 1. The minimum absolute atomic E-state index is 0.0270. The third kappa shape index (κ3) is 6.26. The van der Waals surface area contributed by atoms with Crippen molar-refractivity contribution < 1.29 is 28.9 Å². The van der Waals surface area contributed by atoms with Crippen molar-refractivity contribution in [2.24, 2.45) is 0 Å². The van der Waals surface area contributed by atoms with Gasteiger partial charge in [-0.2, -0.15) is 0 Å². The minimum Gasteiger partial charge on any atom is -0.505 e. The Morgan fingerprint density at radius 3 is 2.58 bits per heavy atom. The number of nitrogens with zero attached hydrogens (tertiary/aromatic N) is 4. The van der Waals surface area contributed by atoms with Crippen LogP contribution in [-0.4, -0.2) is 89.1 Å². The van der Waals surface area contributed by atoms with E-state index in [1.165, 1.54) is 0 Å². The van der Waals surface area contributed by atoms with Crippen molar-refractivity contribution in [2.75, 3.05) is 53.1 Å². The predicted molar refractivity (Wildman–Crippen MR) is 164 cm³/mol. The first-order valence-corrected chi connectivity index (χ1v) is 15.2. The van der Waals surface area contributed by atoms with Gasteiger partial charge in [0.15, 0.2) is 17.3 Å². The number of aliphatic hydroxyl groups excluding tert-OH is 1. The smallest absolute Gasteiger partial charge is 0.295 e. The predicted octanol–water partition coefficient (Wildman–Crippen LogP) is 4.67. The normalized spacial score (nSPS) is 19.0. The Morgan fingerprint density at radius 1 is 1.07 bits per heavy atom. The number of carbonyl (C=O) groups excluding carboxylic acids is 2. The zero-order chi connectivity index (χ0) is 30.5. The number of hydrogen-bond acceptors (Lipinski definition) is 8. The van der Waals surface area contributed by atoms with E-state index in [0.717, 1.165) is 44.5 Å². The zero-order valence-corrected chi connectivity index (χ0v) is 25.6. The van der Waals surface area contributed by atoms with Crippen molar-refractivity contribution in [3.05, 3.63) is 64.6 Å². The van der Waals surface area contributed by atoms with Crippen molar-refractivity contribution in [3.63, 3.8) is 0 Å². The Kier molecular flexibility index (Phi) is 9.67. The SMILES string of the molecule is CCCCCOc1ccc(C2/C(=C(\O)c3nc4c(C)cccn4c3C)C(=O)C(=O)N2CCCN2CCOCC2)cc1OC. The quantitative estimate of drug-likeness (QED) is 0.140. The number of rotatable bonds is 12. The van der Waals surface area contributed by atoms with E-state index in [-0.39, 0.29) is 17.0 Å². The molecule has 5 rings (SSSR count). The first-order chi connectivity index (χ1) is 20.8. The molecule has 10 heteroatoms. The second-order valence-electron chi connectivity index (χ2n) is 11.2. The van der Waals surface area contributed by atoms with Crippen molar-refractivity contribution in [1.29, 1.82) is 0 Å². The van der Waals surface area contributed by atoms with Crippen LogP contribution in [0.25, 0.3) is 11.4 Å². The number of hydrogen-bond donors (Lipinski definition) is 1. The molecule has 1 amide bonds. The maximum Gasteiger partial charge on any atom is 0.295 e. The minimum atomic E-state index is -0.807. The topological polar surface area (TPSA) is 106 Å². The number of imidazole rings is 1. The standard InChI is InChI=1S/C33H42N4O6/c1-5-6-7-18-43-25-12-11-24(21-26(25)41-4)29-27(30(38)28-23(3)36-14-8-10-22(2)32(36)34-28)31(39)33(40)37(29)15-9-13-35-16-19-42-20-17-35/h8,10-12,14,21,29,38H,5-7,9,13,15-20H2,1-4H3/b30-27+. The van der Waals surface area contributed by atoms with Gasteiger partial charge < -0.3 is 28.6 Å². The largest absolute Gasteiger partial charge is 0.505 e. The molecule has 10 nitrogen and oxygen atoms in total. The van der Waals surface area contributed by atoms with Crippen LogP contribution in [0.4, 0.5) is 0 Å². The fraction of sp³-hybridized carbons (Fsp3) is 0.485. The van der Waals surface area contributed by atoms with Crippen LogP contribution in [0.5, 0.6) is 11.5 Å². The number of unbranched alkanes of at least 4 members (excludes halogenated alkanes) is 2. The van der Waals surface area contributed by atoms with Crippen LogP contribution in [-0.2, 0) is 14.3 Å². The summed E-state index contributed by atoms with van der Waals surface area (Å²) in [5, 5.41) is 11.7. The third-order valence-electron chi connectivity index (χ3n) is 8.33. The molecule has 0 spiro atoms. The lowest BCUT2D eigenvalue weighted by molar-refractivity contribution is -0.140. The van der Waals surface area contributed by atoms with Crippen molar-refractivity contribution in [2.45, 2.75) is 52.5 Å². The number of likely N-dealkylation sites (tertiary alicyclic amines) is 1. The van der Waals surface area contributed by atoms with Crippen LogP contribution in [0, 0.1) is 13.8 Å². The Hall–Kier alpha value is -3.89. The van der Waals surface area contributed by atoms with Gasteiger partial charge in [-0.25, -0.2) is 4.98 Å². The molecule has 2 saturated heterocycles. The van der Waals surface area contributed by atoms with E-state index in [2.05, 4.69) is 11.8 Å². The summed E-state index contributed by atoms with van der Waals surface area (Å²) in [6, 6.07) is 8.50. The molecule has 2 aromatic heterocycles. The highest BCUT2D eigenvalue weighted by molar-refractivity contribution is 6.46. The van der Waals surface area contributed by atoms with Gasteiger partial charge in [0.2, 0.25) is 0 Å². The van der Waals surface area contributed by atoms with Gasteiger partial charge in [-0.05, 0) is 56.0 Å². The summed E-state index contributed by atoms with van der Waals surface area (Å²) < 4.78 is 19.0. The van der Waals surface area contributed by atoms with Gasteiger partial charge in [-0.3, -0.25) is 14.5 Å². The molecule has 43 heavy (non-hydrogen) atoms. The number of ether oxygens (including phenoxy) is 3. The number of amides is 1. The molecule has 1 aromatic carbocycles. The van der Waals surface area contributed by atoms with E-state index in [1.54, 1.807) is 18.1 Å². The lowest BCUT2D eigenvalue weighted by Crippen LogP contribution is -2.39. The van der Waals surface area contributed by atoms with Gasteiger partial charge >= 0.3 is 0 Å². The molecule has 1 N–H and O–H groups in total. The van der Waals surface area contributed by atoms with Gasteiger partial charge in [0, 0.05) is 32.4 Å². The summed E-state index contributed by atoms with van der Waals surface area (Å²) in [7, 11) is 1.57. The number of aryl methyl sites for hydroxylation is 2. The molecule has 0 bridgehead atoms. The molecule has 3 aromatic rings. The number of carbonyl (C=O) groups is 2. The zero-order valence-electron chi connectivity index (χ0n) is 25.6. The average Bonchev–Trinajstić information content (AvgIpc) is 3.49. The number of pyridine rings is 1. The molecular formula is C33H42N4O6. The van der Waals surface area contributed by atoms with Gasteiger partial charge in [0.05, 0.1) is 44.2 Å². The highest BCUT2D eigenvalue weighted by Crippen LogP contribution is 2.42. The number of aliphatic hydroxyl groups is 1. The molecule has 4 heterocycles. The van der Waals surface area contributed by atoms with Crippen LogP contribution in [0.3, 0.4) is 0 Å². The molecule has 0 radical (unpaired) electrons. The highest BCUT2D eigenvalue weighted by atomic mass is 16.5. The highest BCUT2D eigenvalue weighted by Gasteiger charge is 2.46. The number of methoxy groups -OCH3 is 1. The Bertz CT molecular complexity index is 1510. The van der Waals surface area contributed by atoms with E-state index in [1.807, 2.05) is 48.7 Å². The van der Waals surface area contributed by atoms with Crippen LogP contribution < -0.4 is 9.47 Å². The molecule has 2 fully saturated rings. The summed E-state index contributed by atoms with van der Waals surface area (Å²) in [6.07, 6.45) is 5.64. The second-order valence-corrected chi connectivity index (χ2v) is 11.2. The molecule has 1 unspecified atom stereocenters. The maximum atomic E-state index is 13.7. The Balaban J connectivity index is 1.54. The van der Waals surface area contributed by atoms with E-state index in [0.29, 0.717) is 61.2 Å². The average molecular weight is 591 g/mol. The van der Waals surface area contributed by atoms with Crippen molar-refractivity contribution in [3.8, 4) is 11.5 Å². The van der Waals surface area contributed by atoms with Gasteiger partial charge in [-0.1, -0.05) is 31.9 Å². The van der Waals surface area contributed by atoms with E-state index in [9.17, 15) is 14.7 Å². The van der Waals surface area contributed by atoms with Crippen LogP contribution in [0.15, 0.2) is 42.1 Å². The summed E-state index contributed by atoms with van der Waals surface area (Å²) >= 11 is 0. The van der Waals surface area contributed by atoms with Crippen LogP contribution >= 0.6 is 0 Å². The number of Topliss-reactive ketones (excluding diaryl/α,β-unsaturated/α-hetero) is 1. The molecule has 0 aliphatic carbocycles. The van der Waals surface area contributed by atoms with Gasteiger partial charge in [0.25, 0.3) is 11.7 Å². The van der Waals surface area contributed by atoms with E-state index in [4.69, 9.17) is 19.2 Å². The Labute approximate surface area is 252 Å². The number of aromatic nitrogens is 2. The Morgan fingerprint density at radius 2 is 1.86 bits per heavy atom. The second kappa shape index (κ2) is 13.6. The summed E-state index contributed by atoms with van der Waals surface area (Å²) in [5.74, 6) is -0.532.